The summed E-state index contributed by atoms with van der Waals surface area (Å²) in [6, 6.07) is 9.15. The predicted octanol–water partition coefficient (Wildman–Crippen LogP) is 2.97. The predicted molar refractivity (Wildman–Crippen MR) is 66.6 cm³/mol. The minimum atomic E-state index is 0.577. The van der Waals surface area contributed by atoms with Gasteiger partial charge in [0.1, 0.15) is 5.75 Å². The third-order valence-electron chi connectivity index (χ3n) is 2.65. The lowest BCUT2D eigenvalue weighted by Crippen LogP contribution is -2.15. The maximum atomic E-state index is 5.70. The van der Waals surface area contributed by atoms with Crippen molar-refractivity contribution in [3.05, 3.63) is 29.8 Å². The van der Waals surface area contributed by atoms with Gasteiger partial charge in [0.2, 0.25) is 0 Å². The minimum absolute atomic E-state index is 0.577. The number of nitrogens with one attached hydrogen (secondary N) is 1. The smallest absolute Gasteiger partial charge is 0.119 e. The van der Waals surface area contributed by atoms with Crippen molar-refractivity contribution in [3.63, 3.8) is 0 Å². The monoisotopic (exact) mass is 219 g/mol. The molecule has 1 aromatic carbocycles. The van der Waals surface area contributed by atoms with E-state index in [1.165, 1.54) is 18.4 Å². The molecule has 0 unspecified atom stereocenters. The highest BCUT2D eigenvalue weighted by Gasteiger charge is 2.19. The Morgan fingerprint density at radius 1 is 1.38 bits per heavy atom. The molecule has 0 aliphatic heterocycles. The molecule has 1 fully saturated rings. The fraction of sp³-hybridized carbons (Fsp3) is 0.571. The third-order valence-corrected chi connectivity index (χ3v) is 2.65. The van der Waals surface area contributed by atoms with Gasteiger partial charge in [0.05, 0.1) is 6.61 Å². The summed E-state index contributed by atoms with van der Waals surface area (Å²) in [6.07, 6.45) is 2.67. The molecule has 0 heterocycles. The Balaban J connectivity index is 1.84. The molecule has 1 saturated carbocycles. The van der Waals surface area contributed by atoms with Gasteiger partial charge in [0.15, 0.2) is 0 Å². The van der Waals surface area contributed by atoms with Crippen molar-refractivity contribution < 1.29 is 4.74 Å². The molecule has 1 N–H and O–H groups in total. The number of hydrogen-bond donors (Lipinski definition) is 1. The molecule has 2 rings (SSSR count). The minimum Gasteiger partial charge on any atom is -0.493 e. The molecular formula is C14H21NO. The lowest BCUT2D eigenvalue weighted by atomic mass is 10.2. The Hall–Kier alpha value is -1.02. The second-order valence-corrected chi connectivity index (χ2v) is 5.01. The van der Waals surface area contributed by atoms with Crippen LogP contribution in [-0.2, 0) is 6.54 Å². The van der Waals surface area contributed by atoms with E-state index in [0.29, 0.717) is 5.92 Å². The first-order valence-corrected chi connectivity index (χ1v) is 6.19. The summed E-state index contributed by atoms with van der Waals surface area (Å²) in [5, 5.41) is 3.51. The Morgan fingerprint density at radius 3 is 2.88 bits per heavy atom. The van der Waals surface area contributed by atoms with Gasteiger partial charge in [-0.2, -0.15) is 0 Å². The van der Waals surface area contributed by atoms with Crippen molar-refractivity contribution in [2.45, 2.75) is 39.3 Å². The molecule has 16 heavy (non-hydrogen) atoms. The highest BCUT2D eigenvalue weighted by molar-refractivity contribution is 5.28. The first-order valence-electron chi connectivity index (χ1n) is 6.19. The van der Waals surface area contributed by atoms with Crippen LogP contribution in [0.5, 0.6) is 5.75 Å². The topological polar surface area (TPSA) is 21.3 Å². The molecular weight excluding hydrogens is 198 g/mol. The maximum Gasteiger partial charge on any atom is 0.119 e. The summed E-state index contributed by atoms with van der Waals surface area (Å²) in [7, 11) is 0. The van der Waals surface area contributed by atoms with Crippen LogP contribution in [0, 0.1) is 5.92 Å². The van der Waals surface area contributed by atoms with E-state index in [1.807, 2.05) is 6.07 Å². The van der Waals surface area contributed by atoms with Crippen LogP contribution in [0.3, 0.4) is 0 Å². The molecule has 0 amide bonds. The van der Waals surface area contributed by atoms with E-state index in [-0.39, 0.29) is 0 Å². The third kappa shape index (κ3) is 3.86. The van der Waals surface area contributed by atoms with Crippen molar-refractivity contribution >= 4 is 0 Å². The maximum absolute atomic E-state index is 5.70. The van der Waals surface area contributed by atoms with E-state index in [1.54, 1.807) is 0 Å². The van der Waals surface area contributed by atoms with Gasteiger partial charge in [-0.15, -0.1) is 0 Å². The van der Waals surface area contributed by atoms with Crippen molar-refractivity contribution in [1.82, 2.24) is 5.32 Å². The molecule has 0 spiro atoms. The van der Waals surface area contributed by atoms with Crippen LogP contribution < -0.4 is 10.1 Å². The average molecular weight is 219 g/mol. The molecule has 0 radical (unpaired) electrons. The van der Waals surface area contributed by atoms with Gasteiger partial charge in [-0.25, -0.2) is 0 Å². The summed E-state index contributed by atoms with van der Waals surface area (Å²) >= 11 is 0. The second kappa shape index (κ2) is 5.35. The number of rotatable bonds is 6. The molecule has 0 saturated heterocycles. The SMILES string of the molecule is CC(C)COc1cccc(CNC2CC2)c1. The first-order chi connectivity index (χ1) is 7.74. The highest BCUT2D eigenvalue weighted by Crippen LogP contribution is 2.20. The van der Waals surface area contributed by atoms with Gasteiger partial charge >= 0.3 is 0 Å². The van der Waals surface area contributed by atoms with E-state index in [9.17, 15) is 0 Å². The Kier molecular flexibility index (Phi) is 3.83. The van der Waals surface area contributed by atoms with E-state index in [4.69, 9.17) is 4.74 Å². The van der Waals surface area contributed by atoms with E-state index < -0.39 is 0 Å². The standard InChI is InChI=1S/C14H21NO/c1-11(2)10-16-14-5-3-4-12(8-14)9-15-13-6-7-13/h3-5,8,11,13,15H,6-7,9-10H2,1-2H3. The lowest BCUT2D eigenvalue weighted by Gasteiger charge is -2.10. The first kappa shape index (κ1) is 11.5. The van der Waals surface area contributed by atoms with Crippen molar-refractivity contribution in [1.29, 1.82) is 0 Å². The molecule has 1 aliphatic rings. The molecule has 2 nitrogen and oxygen atoms in total. The summed E-state index contributed by atoms with van der Waals surface area (Å²) in [5.74, 6) is 1.57. The molecule has 0 atom stereocenters. The zero-order chi connectivity index (χ0) is 11.4. The Bertz CT molecular complexity index is 310. The Labute approximate surface area is 98.0 Å². The Morgan fingerprint density at radius 2 is 2.19 bits per heavy atom. The second-order valence-electron chi connectivity index (χ2n) is 5.01. The van der Waals surface area contributed by atoms with Crippen molar-refractivity contribution in [2.75, 3.05) is 6.61 Å². The number of benzene rings is 1. The lowest BCUT2D eigenvalue weighted by molar-refractivity contribution is 0.271. The highest BCUT2D eigenvalue weighted by atomic mass is 16.5. The number of ether oxygens (including phenoxy) is 1. The average Bonchev–Trinajstić information content (AvgIpc) is 3.08. The van der Waals surface area contributed by atoms with E-state index in [0.717, 1.165) is 24.9 Å². The summed E-state index contributed by atoms with van der Waals surface area (Å²) in [6.45, 7) is 6.08. The zero-order valence-corrected chi connectivity index (χ0v) is 10.2. The van der Waals surface area contributed by atoms with E-state index >= 15 is 0 Å². The van der Waals surface area contributed by atoms with Crippen LogP contribution in [0.1, 0.15) is 32.3 Å². The molecule has 1 aromatic rings. The fourth-order valence-electron chi connectivity index (χ4n) is 1.56. The van der Waals surface area contributed by atoms with Gasteiger partial charge < -0.3 is 10.1 Å². The summed E-state index contributed by atoms with van der Waals surface area (Å²) in [5.41, 5.74) is 1.31. The largest absolute Gasteiger partial charge is 0.493 e. The molecule has 88 valence electrons. The quantitative estimate of drug-likeness (QED) is 0.794. The molecule has 1 aliphatic carbocycles. The number of hydrogen-bond acceptors (Lipinski definition) is 2. The van der Waals surface area contributed by atoms with Crippen molar-refractivity contribution in [3.8, 4) is 5.75 Å². The van der Waals surface area contributed by atoms with E-state index in [2.05, 4.69) is 37.4 Å². The zero-order valence-electron chi connectivity index (χ0n) is 10.2. The fourth-order valence-corrected chi connectivity index (χ4v) is 1.56. The summed E-state index contributed by atoms with van der Waals surface area (Å²) < 4.78 is 5.70. The van der Waals surface area contributed by atoms with Crippen LogP contribution in [-0.4, -0.2) is 12.6 Å². The van der Waals surface area contributed by atoms with Gasteiger partial charge in [0.25, 0.3) is 0 Å². The van der Waals surface area contributed by atoms with Crippen molar-refractivity contribution in [2.24, 2.45) is 5.92 Å². The normalized spacial score (nSPS) is 15.4. The van der Waals surface area contributed by atoms with Gasteiger partial charge in [-0.05, 0) is 36.5 Å². The van der Waals surface area contributed by atoms with Gasteiger partial charge in [-0.3, -0.25) is 0 Å². The van der Waals surface area contributed by atoms with Crippen LogP contribution in [0.15, 0.2) is 24.3 Å². The van der Waals surface area contributed by atoms with Crippen LogP contribution >= 0.6 is 0 Å². The van der Waals surface area contributed by atoms with Gasteiger partial charge in [-0.1, -0.05) is 26.0 Å². The van der Waals surface area contributed by atoms with Crippen LogP contribution in [0.2, 0.25) is 0 Å². The summed E-state index contributed by atoms with van der Waals surface area (Å²) in [4.78, 5) is 0. The molecule has 0 aromatic heterocycles. The molecule has 2 heteroatoms. The van der Waals surface area contributed by atoms with Crippen LogP contribution in [0.4, 0.5) is 0 Å². The van der Waals surface area contributed by atoms with Crippen LogP contribution in [0.25, 0.3) is 0 Å². The molecule has 0 bridgehead atoms. The van der Waals surface area contributed by atoms with Gasteiger partial charge in [0, 0.05) is 12.6 Å².